The molecule has 1 amide bonds. The normalized spacial score (nSPS) is 13.7. The summed E-state index contributed by atoms with van der Waals surface area (Å²) in [5.41, 5.74) is 0. The predicted octanol–water partition coefficient (Wildman–Crippen LogP) is 14.3. The van der Waals surface area contributed by atoms with E-state index in [0.717, 1.165) is 70.6 Å². The molecule has 0 heterocycles. The Morgan fingerprint density at radius 1 is 0.526 bits per heavy atom. The average molecular weight is 800 g/mol. The largest absolute Gasteiger partial charge is 0.462 e. The van der Waals surface area contributed by atoms with Crippen molar-refractivity contribution in [3.05, 3.63) is 48.6 Å². The molecule has 3 N–H and O–H groups in total. The number of allylic oxidation sites excluding steroid dienone is 8. The lowest BCUT2D eigenvalue weighted by Gasteiger charge is -2.24. The predicted molar refractivity (Wildman–Crippen MR) is 245 cm³/mol. The lowest BCUT2D eigenvalue weighted by molar-refractivity contribution is -0.151. The van der Waals surface area contributed by atoms with Crippen molar-refractivity contribution >= 4 is 11.9 Å². The van der Waals surface area contributed by atoms with Crippen molar-refractivity contribution in [2.24, 2.45) is 0 Å². The molecule has 332 valence electrons. The highest BCUT2D eigenvalue weighted by Crippen LogP contribution is 2.18. The van der Waals surface area contributed by atoms with Crippen molar-refractivity contribution in [1.29, 1.82) is 0 Å². The summed E-state index contributed by atoms with van der Waals surface area (Å²) in [7, 11) is 0. The van der Waals surface area contributed by atoms with Crippen LogP contribution < -0.4 is 5.32 Å². The van der Waals surface area contributed by atoms with Crippen LogP contribution in [0.25, 0.3) is 0 Å². The zero-order valence-corrected chi connectivity index (χ0v) is 37.7. The zero-order chi connectivity index (χ0) is 41.7. The Morgan fingerprint density at radius 3 is 1.44 bits per heavy atom. The van der Waals surface area contributed by atoms with Crippen LogP contribution in [0.15, 0.2) is 48.6 Å². The summed E-state index contributed by atoms with van der Waals surface area (Å²) in [6.07, 6.45) is 53.1. The number of esters is 1. The summed E-state index contributed by atoms with van der Waals surface area (Å²) >= 11 is 0. The van der Waals surface area contributed by atoms with E-state index < -0.39 is 18.2 Å². The molecule has 0 aromatic carbocycles. The molecule has 0 aromatic heterocycles. The number of unbranched alkanes of at least 4 members (excludes halogenated alkanes) is 26. The van der Waals surface area contributed by atoms with Crippen LogP contribution >= 0.6 is 0 Å². The van der Waals surface area contributed by atoms with Crippen molar-refractivity contribution < 1.29 is 24.5 Å². The molecule has 0 radical (unpaired) electrons. The molecule has 3 atom stereocenters. The monoisotopic (exact) mass is 800 g/mol. The van der Waals surface area contributed by atoms with Gasteiger partial charge in [-0.2, -0.15) is 0 Å². The van der Waals surface area contributed by atoms with Gasteiger partial charge in [-0.25, -0.2) is 0 Å². The van der Waals surface area contributed by atoms with Crippen LogP contribution in [-0.2, 0) is 14.3 Å². The minimum Gasteiger partial charge on any atom is -0.462 e. The molecule has 0 rings (SSSR count). The first kappa shape index (κ1) is 54.8. The van der Waals surface area contributed by atoms with Crippen molar-refractivity contribution in [3.8, 4) is 0 Å². The fraction of sp³-hybridized carbons (Fsp3) is 0.804. The highest BCUT2D eigenvalue weighted by atomic mass is 16.5. The third-order valence-electron chi connectivity index (χ3n) is 11.0. The zero-order valence-electron chi connectivity index (χ0n) is 37.7. The first-order valence-corrected chi connectivity index (χ1v) is 24.4. The van der Waals surface area contributed by atoms with Crippen LogP contribution in [0.5, 0.6) is 0 Å². The van der Waals surface area contributed by atoms with E-state index in [1.165, 1.54) is 122 Å². The van der Waals surface area contributed by atoms with E-state index in [4.69, 9.17) is 4.74 Å². The molecule has 0 aliphatic carbocycles. The van der Waals surface area contributed by atoms with Crippen LogP contribution in [0.3, 0.4) is 0 Å². The van der Waals surface area contributed by atoms with Gasteiger partial charge in [-0.3, -0.25) is 9.59 Å². The molecular weight excluding hydrogens is 707 g/mol. The summed E-state index contributed by atoms with van der Waals surface area (Å²) in [6.45, 7) is 6.33. The first-order chi connectivity index (χ1) is 28.0. The maximum absolute atomic E-state index is 13.2. The number of hydrogen-bond acceptors (Lipinski definition) is 5. The van der Waals surface area contributed by atoms with Gasteiger partial charge in [0, 0.05) is 6.42 Å². The number of aliphatic hydroxyl groups excluding tert-OH is 2. The van der Waals surface area contributed by atoms with Gasteiger partial charge in [0.15, 0.2) is 0 Å². The number of carbonyl (C=O) groups excluding carboxylic acids is 2. The summed E-state index contributed by atoms with van der Waals surface area (Å²) in [6, 6.07) is -0.712. The Bertz CT molecular complexity index is 988. The van der Waals surface area contributed by atoms with Gasteiger partial charge in [0.1, 0.15) is 6.10 Å². The second-order valence-electron chi connectivity index (χ2n) is 16.6. The summed E-state index contributed by atoms with van der Waals surface area (Å²) < 4.78 is 5.89. The van der Waals surface area contributed by atoms with Gasteiger partial charge in [-0.05, 0) is 44.9 Å². The van der Waals surface area contributed by atoms with Crippen LogP contribution in [0, 0.1) is 0 Å². The van der Waals surface area contributed by atoms with Gasteiger partial charge in [0.05, 0.1) is 25.2 Å². The number of rotatable bonds is 43. The fourth-order valence-corrected chi connectivity index (χ4v) is 7.32. The topological polar surface area (TPSA) is 95.9 Å². The molecule has 3 unspecified atom stereocenters. The van der Waals surface area contributed by atoms with E-state index in [9.17, 15) is 19.8 Å². The third kappa shape index (κ3) is 40.4. The number of amides is 1. The Labute approximate surface area is 353 Å². The molecular formula is C51H93NO5. The molecule has 57 heavy (non-hydrogen) atoms. The van der Waals surface area contributed by atoms with Gasteiger partial charge in [-0.15, -0.1) is 0 Å². The van der Waals surface area contributed by atoms with Crippen molar-refractivity contribution in [2.75, 3.05) is 6.61 Å². The summed E-state index contributed by atoms with van der Waals surface area (Å²) in [4.78, 5) is 26.0. The second-order valence-corrected chi connectivity index (χ2v) is 16.6. The van der Waals surface area contributed by atoms with Gasteiger partial charge in [0.2, 0.25) is 5.91 Å². The van der Waals surface area contributed by atoms with Gasteiger partial charge in [0.25, 0.3) is 0 Å². The van der Waals surface area contributed by atoms with Crippen LogP contribution in [-0.4, -0.2) is 46.9 Å². The van der Waals surface area contributed by atoms with E-state index in [0.29, 0.717) is 19.3 Å². The number of aliphatic hydroxyl groups is 2. The van der Waals surface area contributed by atoms with E-state index >= 15 is 0 Å². The number of hydrogen-bond donors (Lipinski definition) is 3. The minimum absolute atomic E-state index is 0.0533. The van der Waals surface area contributed by atoms with E-state index in [2.05, 4.69) is 50.4 Å². The molecule has 0 spiro atoms. The molecule has 6 heteroatoms. The molecule has 0 saturated heterocycles. The van der Waals surface area contributed by atoms with Gasteiger partial charge < -0.3 is 20.3 Å². The lowest BCUT2D eigenvalue weighted by atomic mass is 10.0. The first-order valence-electron chi connectivity index (χ1n) is 24.4. The van der Waals surface area contributed by atoms with E-state index in [1.807, 2.05) is 24.3 Å². The standard InChI is InChI=1S/C51H93NO5/c1-4-7-10-13-16-19-22-24-26-29-31-34-37-40-43-49(54)48(46-53)52-50(55)45-47(42-39-36-33-30-28-25-23-20-17-14-11-8-5-2)57-51(56)44-41-38-35-32-27-21-18-15-12-9-6-3/h8,11,14,17,20,23,25,28,47-49,53-54H,4-7,9-10,12-13,15-16,18-19,21-22,24,26-27,29-46H2,1-3H3,(H,52,55)/b11-8+,17-14+,23-20+,28-25-. The molecule has 0 saturated carbocycles. The third-order valence-corrected chi connectivity index (χ3v) is 11.0. The maximum Gasteiger partial charge on any atom is 0.306 e. The lowest BCUT2D eigenvalue weighted by Crippen LogP contribution is -2.46. The minimum atomic E-state index is -0.796. The van der Waals surface area contributed by atoms with Gasteiger partial charge >= 0.3 is 5.97 Å². The molecule has 0 fully saturated rings. The van der Waals surface area contributed by atoms with Crippen LogP contribution in [0.4, 0.5) is 0 Å². The van der Waals surface area contributed by atoms with E-state index in [1.54, 1.807) is 0 Å². The highest BCUT2D eigenvalue weighted by molar-refractivity contribution is 5.77. The average Bonchev–Trinajstić information content (AvgIpc) is 3.20. The Hall–Kier alpha value is -2.18. The fourth-order valence-electron chi connectivity index (χ4n) is 7.32. The van der Waals surface area contributed by atoms with Crippen molar-refractivity contribution in [2.45, 2.75) is 257 Å². The number of carbonyl (C=O) groups is 2. The molecule has 0 aliphatic rings. The van der Waals surface area contributed by atoms with Crippen LogP contribution in [0.1, 0.15) is 239 Å². The quantitative estimate of drug-likeness (QED) is 0.0324. The van der Waals surface area contributed by atoms with Crippen LogP contribution in [0.2, 0.25) is 0 Å². The van der Waals surface area contributed by atoms with E-state index in [-0.39, 0.29) is 24.9 Å². The molecule has 0 aliphatic heterocycles. The Morgan fingerprint density at radius 2 is 0.947 bits per heavy atom. The maximum atomic E-state index is 13.2. The molecule has 0 bridgehead atoms. The molecule has 0 aromatic rings. The smallest absolute Gasteiger partial charge is 0.306 e. The summed E-state index contributed by atoms with van der Waals surface area (Å²) in [5.74, 6) is -0.510. The summed E-state index contributed by atoms with van der Waals surface area (Å²) in [5, 5.41) is 23.7. The highest BCUT2D eigenvalue weighted by Gasteiger charge is 2.24. The Kier molecular flexibility index (Phi) is 43.2. The second kappa shape index (κ2) is 44.9. The Balaban J connectivity index is 4.61. The van der Waals surface area contributed by atoms with Crippen molar-refractivity contribution in [1.82, 2.24) is 5.32 Å². The number of nitrogens with one attached hydrogen (secondary N) is 1. The molecule has 6 nitrogen and oxygen atoms in total. The number of ether oxygens (including phenoxy) is 1. The SMILES string of the molecule is CC/C=C/C=C/C=C/C=C\CCCCCC(CC(=O)NC(CO)C(O)CCCCCCCCCCCCCCCC)OC(=O)CCCCCCCCCCCCC. The van der Waals surface area contributed by atoms with Gasteiger partial charge in [-0.1, -0.05) is 230 Å². The van der Waals surface area contributed by atoms with Crippen molar-refractivity contribution in [3.63, 3.8) is 0 Å².